The molecule has 0 saturated carbocycles. The van der Waals surface area contributed by atoms with E-state index in [0.717, 1.165) is 38.8 Å². The number of benzene rings is 1. The molecule has 1 aromatic rings. The predicted octanol–water partition coefficient (Wildman–Crippen LogP) is 2.36. The molecule has 98 valence electrons. The summed E-state index contributed by atoms with van der Waals surface area (Å²) in [5.74, 6) is 0. The minimum Gasteiger partial charge on any atom is -0.448 e. The van der Waals surface area contributed by atoms with Gasteiger partial charge in [-0.1, -0.05) is 30.3 Å². The van der Waals surface area contributed by atoms with Crippen LogP contribution in [0.3, 0.4) is 0 Å². The molecule has 0 spiro atoms. The molecule has 2 rings (SSSR count). The molecule has 1 fully saturated rings. The molecular formula is C14H20N2O2. The van der Waals surface area contributed by atoms with Crippen molar-refractivity contribution in [3.8, 4) is 0 Å². The first-order chi connectivity index (χ1) is 8.86. The lowest BCUT2D eigenvalue weighted by molar-refractivity contribution is 0.0723. The van der Waals surface area contributed by atoms with Crippen LogP contribution in [-0.2, 0) is 11.2 Å². The average molecular weight is 248 g/mol. The maximum absolute atomic E-state index is 11.7. The fourth-order valence-corrected chi connectivity index (χ4v) is 2.00. The number of ether oxygens (including phenoxy) is 1. The summed E-state index contributed by atoms with van der Waals surface area (Å²) < 4.78 is 5.23. The smallest absolute Gasteiger partial charge is 0.424 e. The lowest BCUT2D eigenvalue weighted by atomic mass is 10.1. The second-order valence-corrected chi connectivity index (χ2v) is 4.47. The molecule has 1 amide bonds. The minimum absolute atomic E-state index is 0.247. The Labute approximate surface area is 108 Å². The molecule has 1 aliphatic rings. The zero-order valence-electron chi connectivity index (χ0n) is 10.6. The standard InChI is InChI=1S/C14H20N2O2/c17-14(16-11-5-4-10-15-16)18-12-6-9-13-7-2-1-3-8-13/h1-3,7-8,15H,4-6,9-12H2. The van der Waals surface area contributed by atoms with Crippen molar-refractivity contribution in [2.75, 3.05) is 19.7 Å². The number of hydrazine groups is 1. The van der Waals surface area contributed by atoms with E-state index in [4.69, 9.17) is 4.74 Å². The van der Waals surface area contributed by atoms with Gasteiger partial charge in [0, 0.05) is 13.1 Å². The third kappa shape index (κ3) is 4.04. The SMILES string of the molecule is O=C(OCCCc1ccccc1)N1CCCCN1. The van der Waals surface area contributed by atoms with Gasteiger partial charge in [-0.2, -0.15) is 0 Å². The number of carbonyl (C=O) groups excluding carboxylic acids is 1. The quantitative estimate of drug-likeness (QED) is 0.832. The lowest BCUT2D eigenvalue weighted by Crippen LogP contribution is -2.47. The maximum atomic E-state index is 11.7. The van der Waals surface area contributed by atoms with Gasteiger partial charge in [0.05, 0.1) is 6.61 Å². The highest BCUT2D eigenvalue weighted by Gasteiger charge is 2.16. The summed E-state index contributed by atoms with van der Waals surface area (Å²) in [6.45, 7) is 2.09. The van der Waals surface area contributed by atoms with Crippen LogP contribution in [0, 0.1) is 0 Å². The van der Waals surface area contributed by atoms with Crippen molar-refractivity contribution < 1.29 is 9.53 Å². The van der Waals surface area contributed by atoms with Crippen molar-refractivity contribution in [1.82, 2.24) is 10.4 Å². The van der Waals surface area contributed by atoms with Crippen LogP contribution in [0.5, 0.6) is 0 Å². The molecule has 4 nitrogen and oxygen atoms in total. The molecule has 1 N–H and O–H groups in total. The van der Waals surface area contributed by atoms with E-state index in [1.165, 1.54) is 5.56 Å². The Morgan fingerprint density at radius 3 is 2.83 bits per heavy atom. The van der Waals surface area contributed by atoms with Crippen LogP contribution >= 0.6 is 0 Å². The van der Waals surface area contributed by atoms with Crippen LogP contribution in [0.2, 0.25) is 0 Å². The number of carbonyl (C=O) groups is 1. The van der Waals surface area contributed by atoms with E-state index in [9.17, 15) is 4.79 Å². The van der Waals surface area contributed by atoms with Crippen LogP contribution in [0.25, 0.3) is 0 Å². The Hall–Kier alpha value is -1.55. The minimum atomic E-state index is -0.247. The van der Waals surface area contributed by atoms with Crippen molar-refractivity contribution in [3.05, 3.63) is 35.9 Å². The fraction of sp³-hybridized carbons (Fsp3) is 0.500. The molecular weight excluding hydrogens is 228 g/mol. The number of aryl methyl sites for hydroxylation is 1. The van der Waals surface area contributed by atoms with Gasteiger partial charge in [-0.3, -0.25) is 0 Å². The van der Waals surface area contributed by atoms with Gasteiger partial charge in [0.2, 0.25) is 0 Å². The third-order valence-electron chi connectivity index (χ3n) is 3.01. The second kappa shape index (κ2) is 7.01. The van der Waals surface area contributed by atoms with E-state index in [1.54, 1.807) is 5.01 Å². The topological polar surface area (TPSA) is 41.6 Å². The number of nitrogens with one attached hydrogen (secondary N) is 1. The average Bonchev–Trinajstić information content (AvgIpc) is 2.45. The van der Waals surface area contributed by atoms with Crippen LogP contribution in [0.15, 0.2) is 30.3 Å². The van der Waals surface area contributed by atoms with Gasteiger partial charge < -0.3 is 4.74 Å². The van der Waals surface area contributed by atoms with Crippen LogP contribution in [-0.4, -0.2) is 30.8 Å². The van der Waals surface area contributed by atoms with Crippen molar-refractivity contribution in [2.45, 2.75) is 25.7 Å². The van der Waals surface area contributed by atoms with Crippen molar-refractivity contribution in [3.63, 3.8) is 0 Å². The number of hydrogen-bond acceptors (Lipinski definition) is 3. The van der Waals surface area contributed by atoms with Gasteiger partial charge in [0.25, 0.3) is 0 Å². The molecule has 1 saturated heterocycles. The monoisotopic (exact) mass is 248 g/mol. The Balaban J connectivity index is 1.61. The largest absolute Gasteiger partial charge is 0.448 e. The van der Waals surface area contributed by atoms with Crippen molar-refractivity contribution >= 4 is 6.09 Å². The molecule has 0 bridgehead atoms. The van der Waals surface area contributed by atoms with E-state index in [1.807, 2.05) is 18.2 Å². The molecule has 18 heavy (non-hydrogen) atoms. The molecule has 1 heterocycles. The van der Waals surface area contributed by atoms with Gasteiger partial charge in [-0.05, 0) is 31.2 Å². The Kier molecular flexibility index (Phi) is 5.02. The first-order valence-corrected chi connectivity index (χ1v) is 6.58. The normalized spacial score (nSPS) is 15.4. The lowest BCUT2D eigenvalue weighted by Gasteiger charge is -2.26. The number of nitrogens with zero attached hydrogens (tertiary/aromatic N) is 1. The zero-order valence-corrected chi connectivity index (χ0v) is 10.6. The summed E-state index contributed by atoms with van der Waals surface area (Å²) in [5, 5.41) is 1.58. The van der Waals surface area contributed by atoms with Gasteiger partial charge in [0.15, 0.2) is 0 Å². The molecule has 1 aliphatic heterocycles. The zero-order chi connectivity index (χ0) is 12.6. The van der Waals surface area contributed by atoms with Gasteiger partial charge in [-0.25, -0.2) is 15.2 Å². The Morgan fingerprint density at radius 1 is 1.28 bits per heavy atom. The maximum Gasteiger partial charge on any atom is 0.424 e. The predicted molar refractivity (Wildman–Crippen MR) is 70.1 cm³/mol. The number of hydrogen-bond donors (Lipinski definition) is 1. The first-order valence-electron chi connectivity index (χ1n) is 6.58. The molecule has 0 aromatic heterocycles. The van der Waals surface area contributed by atoms with E-state index >= 15 is 0 Å². The van der Waals surface area contributed by atoms with Crippen LogP contribution < -0.4 is 5.43 Å². The highest BCUT2D eigenvalue weighted by Crippen LogP contribution is 2.04. The molecule has 0 atom stereocenters. The summed E-state index contributed by atoms with van der Waals surface area (Å²) in [6, 6.07) is 10.2. The second-order valence-electron chi connectivity index (χ2n) is 4.47. The number of amides is 1. The molecule has 4 heteroatoms. The van der Waals surface area contributed by atoms with Gasteiger partial charge >= 0.3 is 6.09 Å². The van der Waals surface area contributed by atoms with E-state index < -0.39 is 0 Å². The van der Waals surface area contributed by atoms with Crippen molar-refractivity contribution in [2.24, 2.45) is 0 Å². The van der Waals surface area contributed by atoms with Gasteiger partial charge in [0.1, 0.15) is 0 Å². The van der Waals surface area contributed by atoms with Crippen LogP contribution in [0.1, 0.15) is 24.8 Å². The fourth-order valence-electron chi connectivity index (χ4n) is 2.00. The van der Waals surface area contributed by atoms with E-state index in [2.05, 4.69) is 17.6 Å². The summed E-state index contributed by atoms with van der Waals surface area (Å²) >= 11 is 0. The summed E-state index contributed by atoms with van der Waals surface area (Å²) in [7, 11) is 0. The summed E-state index contributed by atoms with van der Waals surface area (Å²) in [6.07, 6.45) is 3.73. The third-order valence-corrected chi connectivity index (χ3v) is 3.01. The van der Waals surface area contributed by atoms with E-state index in [0.29, 0.717) is 6.61 Å². The van der Waals surface area contributed by atoms with E-state index in [-0.39, 0.29) is 6.09 Å². The molecule has 0 unspecified atom stereocenters. The molecule has 0 aliphatic carbocycles. The summed E-state index contributed by atoms with van der Waals surface area (Å²) in [4.78, 5) is 11.7. The summed E-state index contributed by atoms with van der Waals surface area (Å²) in [5.41, 5.74) is 4.32. The first kappa shape index (κ1) is 12.9. The molecule has 1 aromatic carbocycles. The molecule has 0 radical (unpaired) electrons. The number of rotatable bonds is 4. The van der Waals surface area contributed by atoms with Crippen molar-refractivity contribution in [1.29, 1.82) is 0 Å². The Bertz CT molecular complexity index is 361. The van der Waals surface area contributed by atoms with Gasteiger partial charge in [-0.15, -0.1) is 0 Å². The van der Waals surface area contributed by atoms with Crippen LogP contribution in [0.4, 0.5) is 4.79 Å². The Morgan fingerprint density at radius 2 is 2.11 bits per heavy atom. The highest BCUT2D eigenvalue weighted by molar-refractivity contribution is 5.67. The highest BCUT2D eigenvalue weighted by atomic mass is 16.6.